The van der Waals surface area contributed by atoms with E-state index in [2.05, 4.69) is 11.9 Å². The van der Waals surface area contributed by atoms with Gasteiger partial charge in [0.15, 0.2) is 0 Å². The Morgan fingerprint density at radius 1 is 1.26 bits per heavy atom. The predicted octanol–water partition coefficient (Wildman–Crippen LogP) is 3.10. The molecule has 0 aliphatic heterocycles. The Morgan fingerprint density at radius 2 is 2.00 bits per heavy atom. The van der Waals surface area contributed by atoms with E-state index in [1.165, 1.54) is 4.88 Å². The maximum atomic E-state index is 6.12. The van der Waals surface area contributed by atoms with Crippen molar-refractivity contribution in [1.82, 2.24) is 4.98 Å². The van der Waals surface area contributed by atoms with Gasteiger partial charge in [-0.2, -0.15) is 0 Å². The normalized spacial score (nSPS) is 12.4. The highest BCUT2D eigenvalue weighted by molar-refractivity contribution is 7.11. The first-order valence-corrected chi connectivity index (χ1v) is 7.33. The summed E-state index contributed by atoms with van der Waals surface area (Å²) < 4.78 is 5.65. The summed E-state index contributed by atoms with van der Waals surface area (Å²) in [5.41, 5.74) is 7.23. The Labute approximate surface area is 118 Å². The number of para-hydroxylation sites is 1. The van der Waals surface area contributed by atoms with Crippen LogP contribution in [0.3, 0.4) is 0 Å². The van der Waals surface area contributed by atoms with Crippen molar-refractivity contribution in [3.05, 3.63) is 45.9 Å². The van der Waals surface area contributed by atoms with Gasteiger partial charge in [0.05, 0.1) is 17.3 Å². The van der Waals surface area contributed by atoms with Gasteiger partial charge >= 0.3 is 0 Å². The highest BCUT2D eigenvalue weighted by Crippen LogP contribution is 2.18. The quantitative estimate of drug-likeness (QED) is 0.882. The molecule has 1 atom stereocenters. The molecule has 0 amide bonds. The topological polar surface area (TPSA) is 48.1 Å². The zero-order chi connectivity index (χ0) is 13.7. The summed E-state index contributed by atoms with van der Waals surface area (Å²) in [5, 5.41) is 1.13. The van der Waals surface area contributed by atoms with Gasteiger partial charge in [0.2, 0.25) is 0 Å². The van der Waals surface area contributed by atoms with Crippen LogP contribution in [0.4, 0.5) is 0 Å². The van der Waals surface area contributed by atoms with Gasteiger partial charge < -0.3 is 10.5 Å². The van der Waals surface area contributed by atoms with Crippen LogP contribution < -0.4 is 10.5 Å². The van der Waals surface area contributed by atoms with Gasteiger partial charge in [0.25, 0.3) is 0 Å². The number of benzene rings is 1. The van der Waals surface area contributed by atoms with E-state index in [-0.39, 0.29) is 6.04 Å². The minimum absolute atomic E-state index is 0.105. The summed E-state index contributed by atoms with van der Waals surface area (Å²) in [7, 11) is 0. The van der Waals surface area contributed by atoms with Crippen molar-refractivity contribution < 1.29 is 4.74 Å². The number of nitrogens with zero attached hydrogens (tertiary/aromatic N) is 1. The van der Waals surface area contributed by atoms with Crippen molar-refractivity contribution in [1.29, 1.82) is 0 Å². The first kappa shape index (κ1) is 14.0. The molecule has 0 fully saturated rings. The van der Waals surface area contributed by atoms with E-state index < -0.39 is 0 Å². The number of hydrogen-bond acceptors (Lipinski definition) is 4. The Morgan fingerprint density at radius 3 is 2.63 bits per heavy atom. The number of aromatic nitrogens is 1. The molecule has 1 aromatic carbocycles. The molecule has 1 aromatic heterocycles. The minimum Gasteiger partial charge on any atom is -0.494 e. The number of aryl methyl sites for hydroxylation is 2. The molecule has 0 saturated heterocycles. The summed E-state index contributed by atoms with van der Waals surface area (Å²) >= 11 is 1.74. The van der Waals surface area contributed by atoms with Crippen molar-refractivity contribution in [2.75, 3.05) is 6.61 Å². The van der Waals surface area contributed by atoms with Crippen LogP contribution in [0, 0.1) is 13.8 Å². The van der Waals surface area contributed by atoms with E-state index in [1.54, 1.807) is 11.3 Å². The third-order valence-corrected chi connectivity index (χ3v) is 4.11. The lowest BCUT2D eigenvalue weighted by Crippen LogP contribution is -2.25. The molecule has 0 bridgehead atoms. The van der Waals surface area contributed by atoms with Gasteiger partial charge in [0, 0.05) is 17.3 Å². The second-order valence-corrected chi connectivity index (χ2v) is 5.95. The third-order valence-electron chi connectivity index (χ3n) is 3.01. The molecule has 1 unspecified atom stereocenters. The van der Waals surface area contributed by atoms with Crippen molar-refractivity contribution in [2.45, 2.75) is 32.7 Å². The first-order chi connectivity index (χ1) is 9.15. The van der Waals surface area contributed by atoms with Gasteiger partial charge in [-0.15, -0.1) is 11.3 Å². The predicted molar refractivity (Wildman–Crippen MR) is 79.8 cm³/mol. The van der Waals surface area contributed by atoms with E-state index in [4.69, 9.17) is 10.5 Å². The summed E-state index contributed by atoms with van der Waals surface area (Å²) in [4.78, 5) is 5.79. The largest absolute Gasteiger partial charge is 0.494 e. The molecule has 19 heavy (non-hydrogen) atoms. The molecule has 0 saturated carbocycles. The molecule has 1 heterocycles. The second kappa shape index (κ2) is 6.68. The number of ether oxygens (including phenoxy) is 1. The fourth-order valence-corrected chi connectivity index (χ4v) is 2.82. The van der Waals surface area contributed by atoms with Gasteiger partial charge in [-0.3, -0.25) is 0 Å². The fraction of sp³-hybridized carbons (Fsp3) is 0.400. The van der Waals surface area contributed by atoms with E-state index >= 15 is 0 Å². The Bertz CT molecular complexity index is 491. The van der Waals surface area contributed by atoms with Crippen LogP contribution in [-0.4, -0.2) is 17.6 Å². The van der Waals surface area contributed by atoms with Gasteiger partial charge in [-0.05, 0) is 32.4 Å². The maximum absolute atomic E-state index is 6.12. The molecule has 102 valence electrons. The van der Waals surface area contributed by atoms with E-state index in [0.717, 1.165) is 29.3 Å². The fourth-order valence-electron chi connectivity index (χ4n) is 1.80. The molecule has 0 radical (unpaired) electrons. The molecular weight excluding hydrogens is 256 g/mol. The zero-order valence-electron chi connectivity index (χ0n) is 11.4. The highest BCUT2D eigenvalue weighted by Gasteiger charge is 2.09. The van der Waals surface area contributed by atoms with Crippen LogP contribution in [-0.2, 0) is 6.42 Å². The van der Waals surface area contributed by atoms with Crippen LogP contribution >= 0.6 is 11.3 Å². The van der Waals surface area contributed by atoms with Crippen LogP contribution in [0.1, 0.15) is 22.0 Å². The molecule has 0 aliphatic carbocycles. The lowest BCUT2D eigenvalue weighted by Gasteiger charge is -2.11. The highest BCUT2D eigenvalue weighted by atomic mass is 32.1. The van der Waals surface area contributed by atoms with Crippen molar-refractivity contribution in [2.24, 2.45) is 5.73 Å². The third kappa shape index (κ3) is 4.33. The smallest absolute Gasteiger partial charge is 0.119 e. The lowest BCUT2D eigenvalue weighted by molar-refractivity contribution is 0.297. The summed E-state index contributed by atoms with van der Waals surface area (Å²) in [6, 6.07) is 9.94. The average Bonchev–Trinajstić information content (AvgIpc) is 2.69. The van der Waals surface area contributed by atoms with E-state index in [9.17, 15) is 0 Å². The van der Waals surface area contributed by atoms with Gasteiger partial charge in [-0.25, -0.2) is 4.98 Å². The molecular formula is C15H20N2OS. The molecule has 2 aromatic rings. The summed E-state index contributed by atoms with van der Waals surface area (Å²) in [6.07, 6.45) is 1.67. The van der Waals surface area contributed by atoms with Crippen molar-refractivity contribution in [3.63, 3.8) is 0 Å². The van der Waals surface area contributed by atoms with Crippen molar-refractivity contribution >= 4 is 11.3 Å². The molecule has 3 nitrogen and oxygen atoms in total. The molecule has 4 heteroatoms. The molecule has 0 spiro atoms. The van der Waals surface area contributed by atoms with E-state index in [0.29, 0.717) is 6.61 Å². The number of nitrogens with two attached hydrogens (primary N) is 1. The Kier molecular flexibility index (Phi) is 4.93. The lowest BCUT2D eigenvalue weighted by atomic mass is 10.2. The van der Waals surface area contributed by atoms with Crippen LogP contribution in [0.25, 0.3) is 0 Å². The average molecular weight is 276 g/mol. The summed E-state index contributed by atoms with van der Waals surface area (Å²) in [6.45, 7) is 4.79. The number of rotatable bonds is 6. The number of hydrogen-bond donors (Lipinski definition) is 1. The van der Waals surface area contributed by atoms with Gasteiger partial charge in [-0.1, -0.05) is 18.2 Å². The van der Waals surface area contributed by atoms with Crippen molar-refractivity contribution in [3.8, 4) is 5.75 Å². The molecule has 2 rings (SSSR count). The van der Waals surface area contributed by atoms with Gasteiger partial charge in [0.1, 0.15) is 5.75 Å². The first-order valence-electron chi connectivity index (χ1n) is 6.51. The zero-order valence-corrected chi connectivity index (χ0v) is 12.2. The minimum atomic E-state index is 0.105. The van der Waals surface area contributed by atoms with Crippen LogP contribution in [0.2, 0.25) is 0 Å². The van der Waals surface area contributed by atoms with Crippen LogP contribution in [0.15, 0.2) is 30.3 Å². The molecule has 2 N–H and O–H groups in total. The summed E-state index contributed by atoms with van der Waals surface area (Å²) in [5.74, 6) is 0.899. The van der Waals surface area contributed by atoms with Crippen LogP contribution in [0.5, 0.6) is 5.75 Å². The second-order valence-electron chi connectivity index (χ2n) is 4.66. The Hall–Kier alpha value is -1.39. The monoisotopic (exact) mass is 276 g/mol. The van der Waals surface area contributed by atoms with E-state index in [1.807, 2.05) is 37.3 Å². The molecule has 0 aliphatic rings. The maximum Gasteiger partial charge on any atom is 0.119 e. The standard InChI is InChI=1S/C15H20N2OS/c1-11-12(2)19-15(17-11)10-13(16)8-9-18-14-6-4-3-5-7-14/h3-7,13H,8-10,16H2,1-2H3. The SMILES string of the molecule is Cc1nc(CC(N)CCOc2ccccc2)sc1C. The Balaban J connectivity index is 1.74. The number of thiazole rings is 1.